The normalized spacial score (nSPS) is 27.4. The Balaban J connectivity index is 2.44. The first kappa shape index (κ1) is 14.8. The van der Waals surface area contributed by atoms with Crippen molar-refractivity contribution in [2.75, 3.05) is 11.4 Å². The molecule has 0 saturated carbocycles. The highest BCUT2D eigenvalue weighted by Gasteiger charge is 2.30. The number of hydrogen-bond donors (Lipinski definition) is 1. The molecule has 104 valence electrons. The summed E-state index contributed by atoms with van der Waals surface area (Å²) in [5.74, 6) is 1.38. The SMILES string of the molecule is CC1CC(C)C(C)N(c2cc(Br)ccc2C(N)=S)C1. The van der Waals surface area contributed by atoms with Crippen LogP contribution in [0.25, 0.3) is 0 Å². The first-order chi connectivity index (χ1) is 8.90. The van der Waals surface area contributed by atoms with Gasteiger partial charge in [-0.1, -0.05) is 42.0 Å². The molecule has 1 heterocycles. The van der Waals surface area contributed by atoms with E-state index in [2.05, 4.69) is 47.7 Å². The third-order valence-corrected chi connectivity index (χ3v) is 4.85. The summed E-state index contributed by atoms with van der Waals surface area (Å²) in [5.41, 5.74) is 8.01. The Morgan fingerprint density at radius 2 is 2.05 bits per heavy atom. The van der Waals surface area contributed by atoms with Crippen LogP contribution in [0.5, 0.6) is 0 Å². The minimum Gasteiger partial charge on any atom is -0.389 e. The molecule has 1 saturated heterocycles. The monoisotopic (exact) mass is 340 g/mol. The first-order valence-electron chi connectivity index (χ1n) is 6.76. The Hall–Kier alpha value is -0.610. The number of rotatable bonds is 2. The summed E-state index contributed by atoms with van der Waals surface area (Å²) in [6.45, 7) is 8.00. The van der Waals surface area contributed by atoms with Gasteiger partial charge in [-0.15, -0.1) is 0 Å². The van der Waals surface area contributed by atoms with E-state index in [1.807, 2.05) is 12.1 Å². The first-order valence-corrected chi connectivity index (χ1v) is 7.96. The lowest BCUT2D eigenvalue weighted by molar-refractivity contribution is 0.297. The summed E-state index contributed by atoms with van der Waals surface area (Å²) < 4.78 is 1.07. The van der Waals surface area contributed by atoms with Crippen LogP contribution >= 0.6 is 28.1 Å². The van der Waals surface area contributed by atoms with Crippen LogP contribution < -0.4 is 10.6 Å². The second-order valence-corrected chi connectivity index (χ2v) is 7.09. The Morgan fingerprint density at radius 1 is 1.37 bits per heavy atom. The fourth-order valence-electron chi connectivity index (χ4n) is 2.98. The Morgan fingerprint density at radius 3 is 2.68 bits per heavy atom. The predicted molar refractivity (Wildman–Crippen MR) is 89.8 cm³/mol. The number of hydrogen-bond acceptors (Lipinski definition) is 2. The molecule has 0 aromatic heterocycles. The fourth-order valence-corrected chi connectivity index (χ4v) is 3.51. The molecule has 0 radical (unpaired) electrons. The van der Waals surface area contributed by atoms with Gasteiger partial charge in [0, 0.05) is 28.3 Å². The van der Waals surface area contributed by atoms with Gasteiger partial charge in [0.05, 0.1) is 0 Å². The van der Waals surface area contributed by atoms with Crippen LogP contribution in [0, 0.1) is 11.8 Å². The Bertz CT molecular complexity index is 489. The van der Waals surface area contributed by atoms with E-state index in [0.717, 1.165) is 22.3 Å². The summed E-state index contributed by atoms with van der Waals surface area (Å²) in [7, 11) is 0. The number of piperidine rings is 1. The molecular formula is C15H21BrN2S. The van der Waals surface area contributed by atoms with Gasteiger partial charge in [0.1, 0.15) is 4.99 Å². The van der Waals surface area contributed by atoms with Gasteiger partial charge in [-0.3, -0.25) is 0 Å². The molecule has 2 rings (SSSR count). The molecule has 3 atom stereocenters. The van der Waals surface area contributed by atoms with Gasteiger partial charge >= 0.3 is 0 Å². The standard InChI is InChI=1S/C15H21BrN2S/c1-9-6-10(2)11(3)18(8-9)14-7-12(16)4-5-13(14)15(17)19/h4-5,7,9-11H,6,8H2,1-3H3,(H2,17,19). The van der Waals surface area contributed by atoms with E-state index < -0.39 is 0 Å². The molecule has 0 spiro atoms. The number of anilines is 1. The molecule has 4 heteroatoms. The van der Waals surface area contributed by atoms with Crippen molar-refractivity contribution in [3.05, 3.63) is 28.2 Å². The van der Waals surface area contributed by atoms with E-state index in [1.54, 1.807) is 0 Å². The highest BCUT2D eigenvalue weighted by molar-refractivity contribution is 9.10. The molecule has 19 heavy (non-hydrogen) atoms. The van der Waals surface area contributed by atoms with Gasteiger partial charge in [0.2, 0.25) is 0 Å². The van der Waals surface area contributed by atoms with Gasteiger partial charge in [0.25, 0.3) is 0 Å². The predicted octanol–water partition coefficient (Wildman–Crippen LogP) is 3.95. The van der Waals surface area contributed by atoms with E-state index in [1.165, 1.54) is 6.42 Å². The van der Waals surface area contributed by atoms with Crippen molar-refractivity contribution in [1.29, 1.82) is 0 Å². The number of thiocarbonyl (C=S) groups is 1. The third-order valence-electron chi connectivity index (χ3n) is 4.13. The quantitative estimate of drug-likeness (QED) is 0.826. The third kappa shape index (κ3) is 3.11. The van der Waals surface area contributed by atoms with Gasteiger partial charge in [-0.2, -0.15) is 0 Å². The molecular weight excluding hydrogens is 320 g/mol. The largest absolute Gasteiger partial charge is 0.389 e. The van der Waals surface area contributed by atoms with Crippen molar-refractivity contribution in [1.82, 2.24) is 0 Å². The molecule has 0 bridgehead atoms. The molecule has 1 aromatic carbocycles. The van der Waals surface area contributed by atoms with Crippen molar-refractivity contribution in [3.8, 4) is 0 Å². The minimum absolute atomic E-state index is 0.473. The average Bonchev–Trinajstić information content (AvgIpc) is 2.33. The maximum Gasteiger partial charge on any atom is 0.106 e. The smallest absolute Gasteiger partial charge is 0.106 e. The molecule has 1 fully saturated rings. The van der Waals surface area contributed by atoms with Gasteiger partial charge < -0.3 is 10.6 Å². The van der Waals surface area contributed by atoms with E-state index in [9.17, 15) is 0 Å². The van der Waals surface area contributed by atoms with E-state index in [4.69, 9.17) is 18.0 Å². The number of benzene rings is 1. The van der Waals surface area contributed by atoms with Crippen LogP contribution in [0.4, 0.5) is 5.69 Å². The number of nitrogens with two attached hydrogens (primary N) is 1. The summed E-state index contributed by atoms with van der Waals surface area (Å²) in [6, 6.07) is 6.66. The lowest BCUT2D eigenvalue weighted by Gasteiger charge is -2.43. The second kappa shape index (κ2) is 5.80. The molecule has 2 N–H and O–H groups in total. The van der Waals surface area contributed by atoms with Crippen LogP contribution in [0.15, 0.2) is 22.7 Å². The van der Waals surface area contributed by atoms with Crippen LogP contribution in [0.1, 0.15) is 32.8 Å². The van der Waals surface area contributed by atoms with E-state index in [-0.39, 0.29) is 0 Å². The van der Waals surface area contributed by atoms with E-state index in [0.29, 0.717) is 22.9 Å². The van der Waals surface area contributed by atoms with Crippen LogP contribution in [0.2, 0.25) is 0 Å². The van der Waals surface area contributed by atoms with Crippen molar-refractivity contribution >= 4 is 38.8 Å². The molecule has 1 aliphatic rings. The van der Waals surface area contributed by atoms with Crippen LogP contribution in [-0.4, -0.2) is 17.6 Å². The maximum absolute atomic E-state index is 5.88. The van der Waals surface area contributed by atoms with Crippen LogP contribution in [0.3, 0.4) is 0 Å². The zero-order valence-corrected chi connectivity index (χ0v) is 14.1. The molecule has 0 amide bonds. The summed E-state index contributed by atoms with van der Waals surface area (Å²) >= 11 is 8.75. The van der Waals surface area contributed by atoms with Crippen molar-refractivity contribution < 1.29 is 0 Å². The van der Waals surface area contributed by atoms with Crippen LogP contribution in [-0.2, 0) is 0 Å². The minimum atomic E-state index is 0.473. The molecule has 1 aromatic rings. The Labute approximate surface area is 129 Å². The molecule has 0 aliphatic carbocycles. The molecule has 2 nitrogen and oxygen atoms in total. The zero-order valence-electron chi connectivity index (χ0n) is 11.7. The summed E-state index contributed by atoms with van der Waals surface area (Å²) in [4.78, 5) is 2.93. The topological polar surface area (TPSA) is 29.3 Å². The van der Waals surface area contributed by atoms with Gasteiger partial charge in [-0.05, 0) is 43.4 Å². The zero-order chi connectivity index (χ0) is 14.2. The maximum atomic E-state index is 5.88. The number of halogens is 1. The fraction of sp³-hybridized carbons (Fsp3) is 0.533. The number of nitrogens with zero attached hydrogens (tertiary/aromatic N) is 1. The van der Waals surface area contributed by atoms with E-state index >= 15 is 0 Å². The molecule has 1 aliphatic heterocycles. The average molecular weight is 341 g/mol. The Kier molecular flexibility index (Phi) is 4.51. The van der Waals surface area contributed by atoms with Gasteiger partial charge in [0.15, 0.2) is 0 Å². The lowest BCUT2D eigenvalue weighted by Crippen LogP contribution is -2.46. The highest BCUT2D eigenvalue weighted by Crippen LogP contribution is 2.34. The molecule has 3 unspecified atom stereocenters. The lowest BCUT2D eigenvalue weighted by atomic mass is 9.85. The second-order valence-electron chi connectivity index (χ2n) is 5.74. The highest BCUT2D eigenvalue weighted by atomic mass is 79.9. The van der Waals surface area contributed by atoms with Crippen molar-refractivity contribution in [2.24, 2.45) is 17.6 Å². The van der Waals surface area contributed by atoms with Crippen molar-refractivity contribution in [3.63, 3.8) is 0 Å². The van der Waals surface area contributed by atoms with Crippen molar-refractivity contribution in [2.45, 2.75) is 33.2 Å². The summed E-state index contributed by atoms with van der Waals surface area (Å²) in [5, 5.41) is 0. The van der Waals surface area contributed by atoms with Gasteiger partial charge in [-0.25, -0.2) is 0 Å². The summed E-state index contributed by atoms with van der Waals surface area (Å²) in [6.07, 6.45) is 1.29.